The van der Waals surface area contributed by atoms with E-state index in [2.05, 4.69) is 13.2 Å². The molecule has 0 aromatic heterocycles. The molecule has 3 aliphatic heterocycles. The third-order valence-electron chi connectivity index (χ3n) is 8.84. The molecule has 1 spiro atoms. The Bertz CT molecular complexity index is 1150. The average molecular weight is 568 g/mol. The molecule has 2 unspecified atom stereocenters. The number of hydrogen-bond acceptors (Lipinski definition) is 6. The lowest BCUT2D eigenvalue weighted by atomic mass is 9.70. The molecule has 0 radical (unpaired) electrons. The first-order valence-electron chi connectivity index (χ1n) is 14.7. The maximum absolute atomic E-state index is 14.4. The first kappa shape index (κ1) is 30.8. The number of aliphatic hydroxyl groups is 1. The van der Waals surface area contributed by atoms with Crippen molar-refractivity contribution >= 4 is 23.4 Å². The average Bonchev–Trinajstić information content (AvgIpc) is 3.58. The maximum atomic E-state index is 14.4. The van der Waals surface area contributed by atoms with Gasteiger partial charge in [-0.15, -0.1) is 13.2 Å². The predicted octanol–water partition coefficient (Wildman–Crippen LogP) is 3.42. The molecule has 3 aliphatic rings. The molecule has 6 atom stereocenters. The van der Waals surface area contributed by atoms with Crippen molar-refractivity contribution in [2.75, 3.05) is 31.2 Å². The highest BCUT2D eigenvalue weighted by Crippen LogP contribution is 2.59. The second kappa shape index (κ2) is 12.4. The summed E-state index contributed by atoms with van der Waals surface area (Å²) in [4.78, 5) is 48.0. The SMILES string of the molecule is C=CCN(C(=O)[C@@H]1[C@H]2C(=O)N([C@@H](CO)C(C)C)C(C(=O)N(CC=C)C(C)C)C23CC[C@H]1O3)c1ccc(OCC)cc1. The van der Waals surface area contributed by atoms with Gasteiger partial charge in [0.25, 0.3) is 0 Å². The Kier molecular flexibility index (Phi) is 9.29. The molecule has 1 N–H and O–H groups in total. The van der Waals surface area contributed by atoms with Crippen molar-refractivity contribution in [3.05, 3.63) is 49.6 Å². The quantitative estimate of drug-likeness (QED) is 0.367. The summed E-state index contributed by atoms with van der Waals surface area (Å²) in [5, 5.41) is 10.4. The Morgan fingerprint density at radius 1 is 1.15 bits per heavy atom. The number of anilines is 1. The van der Waals surface area contributed by atoms with Gasteiger partial charge in [-0.25, -0.2) is 0 Å². The third kappa shape index (κ3) is 5.18. The van der Waals surface area contributed by atoms with Gasteiger partial charge in [-0.3, -0.25) is 14.4 Å². The van der Waals surface area contributed by atoms with E-state index in [9.17, 15) is 19.5 Å². The number of ether oxygens (including phenoxy) is 2. The van der Waals surface area contributed by atoms with Crippen LogP contribution in [0.25, 0.3) is 0 Å². The van der Waals surface area contributed by atoms with Crippen LogP contribution < -0.4 is 9.64 Å². The smallest absolute Gasteiger partial charge is 0.248 e. The fourth-order valence-electron chi connectivity index (χ4n) is 7.00. The van der Waals surface area contributed by atoms with Gasteiger partial charge in [0.1, 0.15) is 17.4 Å². The minimum absolute atomic E-state index is 0.117. The molecule has 3 amide bonds. The molecule has 4 rings (SSSR count). The van der Waals surface area contributed by atoms with Gasteiger partial charge in [0.2, 0.25) is 17.7 Å². The van der Waals surface area contributed by atoms with E-state index in [-0.39, 0.29) is 42.8 Å². The fraction of sp³-hybridized carbons (Fsp3) is 0.594. The van der Waals surface area contributed by atoms with Crippen LogP contribution in [0.4, 0.5) is 5.69 Å². The first-order chi connectivity index (χ1) is 19.6. The van der Waals surface area contributed by atoms with Crippen LogP contribution in [-0.2, 0) is 19.1 Å². The largest absolute Gasteiger partial charge is 0.494 e. The molecular formula is C32H45N3O6. The molecule has 3 heterocycles. The van der Waals surface area contributed by atoms with Gasteiger partial charge in [-0.1, -0.05) is 26.0 Å². The lowest BCUT2D eigenvalue weighted by Crippen LogP contribution is -2.60. The van der Waals surface area contributed by atoms with Crippen LogP contribution >= 0.6 is 0 Å². The number of carbonyl (C=O) groups excluding carboxylic acids is 3. The molecule has 41 heavy (non-hydrogen) atoms. The fourth-order valence-corrected chi connectivity index (χ4v) is 7.00. The Balaban J connectivity index is 1.78. The molecule has 1 aromatic rings. The van der Waals surface area contributed by atoms with Gasteiger partial charge in [0.05, 0.1) is 37.2 Å². The van der Waals surface area contributed by atoms with Gasteiger partial charge in [0.15, 0.2) is 0 Å². The Morgan fingerprint density at radius 3 is 2.34 bits per heavy atom. The van der Waals surface area contributed by atoms with E-state index >= 15 is 0 Å². The maximum Gasteiger partial charge on any atom is 0.248 e. The van der Waals surface area contributed by atoms with Crippen LogP contribution in [0.5, 0.6) is 5.75 Å². The number of likely N-dealkylation sites (tertiary alicyclic amines) is 1. The van der Waals surface area contributed by atoms with Crippen LogP contribution in [0, 0.1) is 17.8 Å². The number of benzene rings is 1. The van der Waals surface area contributed by atoms with Crippen LogP contribution in [0.1, 0.15) is 47.5 Å². The lowest BCUT2D eigenvalue weighted by Gasteiger charge is -2.41. The van der Waals surface area contributed by atoms with E-state index in [0.717, 1.165) is 0 Å². The van der Waals surface area contributed by atoms with Gasteiger partial charge in [-0.05, 0) is 63.8 Å². The summed E-state index contributed by atoms with van der Waals surface area (Å²) in [5.74, 6) is -1.78. The summed E-state index contributed by atoms with van der Waals surface area (Å²) >= 11 is 0. The van der Waals surface area contributed by atoms with Gasteiger partial charge < -0.3 is 29.3 Å². The van der Waals surface area contributed by atoms with E-state index in [1.165, 1.54) is 0 Å². The standard InChI is InChI=1S/C32H45N3O6/c1-8-17-33(21(6)7)31(39)28-32-16-15-25(41-32)26(27(32)30(38)35(28)24(19-36)20(4)5)29(37)34(18-9-2)22-11-13-23(14-12-22)40-10-3/h8-9,11-14,20-21,24-28,36H,1-2,10,15-19H2,3-7H3/t24-,25+,26-,27-,28?,32?/m0/s1. The van der Waals surface area contributed by atoms with Crippen molar-refractivity contribution in [3.8, 4) is 5.75 Å². The molecule has 2 bridgehead atoms. The number of amides is 3. The number of nitrogens with zero attached hydrogens (tertiary/aromatic N) is 3. The van der Waals surface area contributed by atoms with Crippen LogP contribution in [0.2, 0.25) is 0 Å². The highest BCUT2D eigenvalue weighted by molar-refractivity contribution is 6.03. The highest BCUT2D eigenvalue weighted by atomic mass is 16.5. The van der Waals surface area contributed by atoms with Crippen molar-refractivity contribution in [2.45, 2.75) is 77.3 Å². The molecule has 3 saturated heterocycles. The zero-order chi connectivity index (χ0) is 30.1. The highest BCUT2D eigenvalue weighted by Gasteiger charge is 2.75. The van der Waals surface area contributed by atoms with Crippen LogP contribution in [-0.4, -0.2) is 88.8 Å². The summed E-state index contributed by atoms with van der Waals surface area (Å²) in [6.07, 6.45) is 3.90. The zero-order valence-electron chi connectivity index (χ0n) is 25.0. The summed E-state index contributed by atoms with van der Waals surface area (Å²) in [6.45, 7) is 18.1. The molecule has 0 saturated carbocycles. The number of hydrogen-bond donors (Lipinski definition) is 1. The number of rotatable bonds is 13. The van der Waals surface area contributed by atoms with Crippen molar-refractivity contribution in [1.82, 2.24) is 9.80 Å². The van der Waals surface area contributed by atoms with Crippen molar-refractivity contribution in [1.29, 1.82) is 0 Å². The number of fused-ring (bicyclic) bond motifs is 1. The van der Waals surface area contributed by atoms with Gasteiger partial charge in [-0.2, -0.15) is 0 Å². The van der Waals surface area contributed by atoms with Crippen molar-refractivity contribution in [3.63, 3.8) is 0 Å². The molecule has 9 heteroatoms. The van der Waals surface area contributed by atoms with Gasteiger partial charge >= 0.3 is 0 Å². The monoisotopic (exact) mass is 567 g/mol. The second-order valence-electron chi connectivity index (χ2n) is 11.8. The van der Waals surface area contributed by atoms with Crippen LogP contribution in [0.15, 0.2) is 49.6 Å². The van der Waals surface area contributed by atoms with E-state index in [4.69, 9.17) is 9.47 Å². The Labute approximate surface area is 243 Å². The molecule has 9 nitrogen and oxygen atoms in total. The van der Waals surface area contributed by atoms with E-state index in [0.29, 0.717) is 37.4 Å². The van der Waals surface area contributed by atoms with Gasteiger partial charge in [0, 0.05) is 24.8 Å². The summed E-state index contributed by atoms with van der Waals surface area (Å²) in [6, 6.07) is 5.59. The minimum atomic E-state index is -1.14. The Morgan fingerprint density at radius 2 is 1.80 bits per heavy atom. The third-order valence-corrected chi connectivity index (χ3v) is 8.84. The Hall–Kier alpha value is -3.17. The molecule has 224 valence electrons. The zero-order valence-corrected chi connectivity index (χ0v) is 25.0. The molecular weight excluding hydrogens is 522 g/mol. The topological polar surface area (TPSA) is 99.6 Å². The van der Waals surface area contributed by atoms with Crippen LogP contribution in [0.3, 0.4) is 0 Å². The molecule has 1 aromatic carbocycles. The first-order valence-corrected chi connectivity index (χ1v) is 14.7. The van der Waals surface area contributed by atoms with Crippen molar-refractivity contribution < 1.29 is 29.0 Å². The van der Waals surface area contributed by atoms with E-state index in [1.54, 1.807) is 26.9 Å². The predicted molar refractivity (Wildman–Crippen MR) is 157 cm³/mol. The summed E-state index contributed by atoms with van der Waals surface area (Å²) < 4.78 is 12.2. The van der Waals surface area contributed by atoms with E-state index in [1.807, 2.05) is 58.9 Å². The molecule has 3 fully saturated rings. The summed E-state index contributed by atoms with van der Waals surface area (Å²) in [5.41, 5.74) is -0.480. The van der Waals surface area contributed by atoms with Crippen molar-refractivity contribution in [2.24, 2.45) is 17.8 Å². The van der Waals surface area contributed by atoms with E-state index < -0.39 is 35.6 Å². The second-order valence-corrected chi connectivity index (χ2v) is 11.8. The minimum Gasteiger partial charge on any atom is -0.494 e. The summed E-state index contributed by atoms with van der Waals surface area (Å²) in [7, 11) is 0. The lowest BCUT2D eigenvalue weighted by molar-refractivity contribution is -0.153. The molecule has 0 aliphatic carbocycles. The number of aliphatic hydroxyl groups excluding tert-OH is 1. The normalized spacial score (nSPS) is 27.2. The number of carbonyl (C=O) groups is 3.